The first kappa shape index (κ1) is 14.2. The van der Waals surface area contributed by atoms with Crippen LogP contribution in [0.15, 0.2) is 48.5 Å². The highest BCUT2D eigenvalue weighted by Gasteiger charge is 2.18. The van der Waals surface area contributed by atoms with Crippen LogP contribution in [-0.4, -0.2) is 14.7 Å². The van der Waals surface area contributed by atoms with Gasteiger partial charge in [0.1, 0.15) is 17.4 Å². The fraction of sp³-hybridized carbons (Fsp3) is 0.0588. The molecule has 3 rings (SSSR count). The number of benzene rings is 2. The Kier molecular flexibility index (Phi) is 3.58. The first-order valence-corrected chi connectivity index (χ1v) is 7.01. The number of allylic oxidation sites excluding steroid dienone is 1. The van der Waals surface area contributed by atoms with Crippen molar-refractivity contribution in [1.82, 2.24) is 9.55 Å². The van der Waals surface area contributed by atoms with Crippen LogP contribution in [0.4, 0.5) is 0 Å². The number of aliphatic hydroxyl groups is 1. The van der Waals surface area contributed by atoms with Crippen molar-refractivity contribution in [2.75, 3.05) is 0 Å². The predicted octanol–water partition coefficient (Wildman–Crippen LogP) is 4.18. The van der Waals surface area contributed by atoms with Gasteiger partial charge in [0.25, 0.3) is 0 Å². The second-order valence-corrected chi connectivity index (χ2v) is 5.21. The number of para-hydroxylation sites is 2. The number of hydrogen-bond donors (Lipinski definition) is 1. The summed E-state index contributed by atoms with van der Waals surface area (Å²) in [5.41, 5.74) is 2.15. The molecule has 5 heteroatoms. The van der Waals surface area contributed by atoms with Crippen molar-refractivity contribution in [3.8, 4) is 6.07 Å². The molecular formula is C17H12ClN3O. The molecule has 0 fully saturated rings. The minimum absolute atomic E-state index is 0.0896. The predicted molar refractivity (Wildman–Crippen MR) is 87.2 cm³/mol. The van der Waals surface area contributed by atoms with E-state index in [2.05, 4.69) is 4.98 Å². The highest BCUT2D eigenvalue weighted by atomic mass is 35.5. The normalized spacial score (nSPS) is 12.0. The summed E-state index contributed by atoms with van der Waals surface area (Å²) in [4.78, 5) is 4.44. The zero-order valence-electron chi connectivity index (χ0n) is 11.8. The van der Waals surface area contributed by atoms with E-state index in [4.69, 9.17) is 11.6 Å². The van der Waals surface area contributed by atoms with E-state index < -0.39 is 0 Å². The third-order valence-corrected chi connectivity index (χ3v) is 3.82. The van der Waals surface area contributed by atoms with Gasteiger partial charge in [-0.15, -0.1) is 0 Å². The van der Waals surface area contributed by atoms with Crippen LogP contribution in [0.2, 0.25) is 5.02 Å². The van der Waals surface area contributed by atoms with Crippen LogP contribution in [0.3, 0.4) is 0 Å². The van der Waals surface area contributed by atoms with Crippen molar-refractivity contribution in [1.29, 1.82) is 5.26 Å². The molecule has 4 nitrogen and oxygen atoms in total. The van der Waals surface area contributed by atoms with Gasteiger partial charge in [-0.3, -0.25) is 0 Å². The molecule has 0 aliphatic rings. The highest BCUT2D eigenvalue weighted by Crippen LogP contribution is 2.29. The first-order chi connectivity index (χ1) is 10.6. The van der Waals surface area contributed by atoms with Gasteiger partial charge in [-0.25, -0.2) is 4.98 Å². The SMILES string of the molecule is Cn1c(/C(C#N)=C(/O)c2ccccc2Cl)nc2ccccc21. The van der Waals surface area contributed by atoms with Gasteiger partial charge >= 0.3 is 0 Å². The molecular weight excluding hydrogens is 298 g/mol. The average molecular weight is 310 g/mol. The fourth-order valence-corrected chi connectivity index (χ4v) is 2.59. The molecule has 0 aliphatic heterocycles. The van der Waals surface area contributed by atoms with E-state index in [-0.39, 0.29) is 11.3 Å². The van der Waals surface area contributed by atoms with Gasteiger partial charge in [0.15, 0.2) is 5.82 Å². The van der Waals surface area contributed by atoms with Crippen LogP contribution in [-0.2, 0) is 7.05 Å². The third kappa shape index (κ3) is 2.22. The minimum Gasteiger partial charge on any atom is -0.506 e. The number of halogens is 1. The van der Waals surface area contributed by atoms with E-state index in [0.29, 0.717) is 16.4 Å². The number of nitriles is 1. The number of imidazole rings is 1. The molecule has 0 atom stereocenters. The summed E-state index contributed by atoms with van der Waals surface area (Å²) in [6, 6.07) is 16.4. The van der Waals surface area contributed by atoms with E-state index in [9.17, 15) is 10.4 Å². The maximum atomic E-state index is 10.5. The lowest BCUT2D eigenvalue weighted by Crippen LogP contribution is -1.99. The van der Waals surface area contributed by atoms with Gasteiger partial charge < -0.3 is 9.67 Å². The second kappa shape index (κ2) is 5.55. The Hall–Kier alpha value is -2.77. The summed E-state index contributed by atoms with van der Waals surface area (Å²) in [5.74, 6) is 0.229. The van der Waals surface area contributed by atoms with Gasteiger partial charge in [-0.05, 0) is 24.3 Å². The van der Waals surface area contributed by atoms with E-state index in [1.165, 1.54) is 0 Å². The zero-order chi connectivity index (χ0) is 15.7. The van der Waals surface area contributed by atoms with Crippen molar-refractivity contribution in [2.24, 2.45) is 7.05 Å². The first-order valence-electron chi connectivity index (χ1n) is 6.63. The van der Waals surface area contributed by atoms with Crippen LogP contribution < -0.4 is 0 Å². The van der Waals surface area contributed by atoms with Gasteiger partial charge in [-0.2, -0.15) is 5.26 Å². The highest BCUT2D eigenvalue weighted by molar-refractivity contribution is 6.32. The quantitative estimate of drug-likeness (QED) is 0.570. The van der Waals surface area contributed by atoms with Crippen molar-refractivity contribution in [2.45, 2.75) is 0 Å². The Morgan fingerprint density at radius 2 is 1.86 bits per heavy atom. The van der Waals surface area contributed by atoms with Crippen LogP contribution in [0.5, 0.6) is 0 Å². The van der Waals surface area contributed by atoms with Gasteiger partial charge in [0, 0.05) is 12.6 Å². The molecule has 0 aliphatic carbocycles. The third-order valence-electron chi connectivity index (χ3n) is 3.49. The van der Waals surface area contributed by atoms with Crippen molar-refractivity contribution >= 4 is 34.0 Å². The molecule has 22 heavy (non-hydrogen) atoms. The second-order valence-electron chi connectivity index (χ2n) is 4.80. The molecule has 0 amide bonds. The number of aliphatic hydroxyl groups excluding tert-OH is 1. The lowest BCUT2D eigenvalue weighted by Gasteiger charge is -2.06. The molecule has 1 aromatic heterocycles. The molecule has 0 saturated heterocycles. The molecule has 0 saturated carbocycles. The summed E-state index contributed by atoms with van der Waals surface area (Å²) in [7, 11) is 1.81. The minimum atomic E-state index is -0.175. The standard InChI is InChI=1S/C17H12ClN3O/c1-21-15-9-5-4-8-14(15)20-17(21)12(10-19)16(22)11-6-2-3-7-13(11)18/h2-9,22H,1H3/b16-12+. The van der Waals surface area contributed by atoms with E-state index in [0.717, 1.165) is 11.0 Å². The molecule has 2 aromatic carbocycles. The largest absolute Gasteiger partial charge is 0.506 e. The summed E-state index contributed by atoms with van der Waals surface area (Å²) >= 11 is 6.10. The van der Waals surface area contributed by atoms with E-state index in [1.807, 2.05) is 37.4 Å². The van der Waals surface area contributed by atoms with Crippen LogP contribution in [0, 0.1) is 11.3 Å². The van der Waals surface area contributed by atoms with Crippen molar-refractivity contribution < 1.29 is 5.11 Å². The molecule has 0 radical (unpaired) electrons. The van der Waals surface area contributed by atoms with Gasteiger partial charge in [0.2, 0.25) is 0 Å². The Bertz CT molecular complexity index is 934. The molecule has 1 N–H and O–H groups in total. The van der Waals surface area contributed by atoms with Crippen LogP contribution >= 0.6 is 11.6 Å². The van der Waals surface area contributed by atoms with Gasteiger partial charge in [-0.1, -0.05) is 35.9 Å². The number of nitrogens with zero attached hydrogens (tertiary/aromatic N) is 3. The Morgan fingerprint density at radius 3 is 2.55 bits per heavy atom. The smallest absolute Gasteiger partial charge is 0.155 e. The molecule has 0 spiro atoms. The maximum absolute atomic E-state index is 10.5. The lowest BCUT2D eigenvalue weighted by molar-refractivity contribution is 0.513. The van der Waals surface area contributed by atoms with E-state index in [1.54, 1.807) is 28.8 Å². The number of aryl methyl sites for hydroxylation is 1. The number of rotatable bonds is 2. The summed E-state index contributed by atoms with van der Waals surface area (Å²) in [6.07, 6.45) is 0. The maximum Gasteiger partial charge on any atom is 0.155 e. The number of hydrogen-bond acceptors (Lipinski definition) is 3. The Balaban J connectivity index is 2.27. The fourth-order valence-electron chi connectivity index (χ4n) is 2.37. The molecule has 0 unspecified atom stereocenters. The summed E-state index contributed by atoms with van der Waals surface area (Å²) in [5, 5.41) is 20.4. The topological polar surface area (TPSA) is 61.8 Å². The Morgan fingerprint density at radius 1 is 1.18 bits per heavy atom. The number of fused-ring (bicyclic) bond motifs is 1. The summed E-state index contributed by atoms with van der Waals surface area (Å²) in [6.45, 7) is 0. The average Bonchev–Trinajstić information content (AvgIpc) is 2.86. The molecule has 108 valence electrons. The van der Waals surface area contributed by atoms with Crippen molar-refractivity contribution in [3.63, 3.8) is 0 Å². The zero-order valence-corrected chi connectivity index (χ0v) is 12.5. The number of aromatic nitrogens is 2. The van der Waals surface area contributed by atoms with Gasteiger partial charge in [0.05, 0.1) is 16.1 Å². The summed E-state index contributed by atoms with van der Waals surface area (Å²) < 4.78 is 1.78. The molecule has 1 heterocycles. The van der Waals surface area contributed by atoms with Crippen molar-refractivity contribution in [3.05, 3.63) is 64.9 Å². The van der Waals surface area contributed by atoms with E-state index >= 15 is 0 Å². The van der Waals surface area contributed by atoms with Crippen LogP contribution in [0.1, 0.15) is 11.4 Å². The lowest BCUT2D eigenvalue weighted by atomic mass is 10.1. The monoisotopic (exact) mass is 309 g/mol. The molecule has 3 aromatic rings. The molecule has 0 bridgehead atoms. The van der Waals surface area contributed by atoms with Crippen LogP contribution in [0.25, 0.3) is 22.4 Å². The Labute approximate surface area is 132 Å².